The van der Waals surface area contributed by atoms with Crippen LogP contribution in [0.25, 0.3) is 0 Å². The van der Waals surface area contributed by atoms with Crippen LogP contribution in [0, 0.1) is 0 Å². The van der Waals surface area contributed by atoms with Gasteiger partial charge in [0.15, 0.2) is 0 Å². The van der Waals surface area contributed by atoms with Crippen molar-refractivity contribution in [2.24, 2.45) is 0 Å². The van der Waals surface area contributed by atoms with Crippen LogP contribution in [0.4, 0.5) is 0 Å². The second kappa shape index (κ2) is 6.15. The Kier molecular flexibility index (Phi) is 5.49. The summed E-state index contributed by atoms with van der Waals surface area (Å²) in [5.41, 5.74) is 2.20. The lowest BCUT2D eigenvalue weighted by Crippen LogP contribution is -2.21. The molecule has 0 saturated heterocycles. The Morgan fingerprint density at radius 3 is 2.62 bits per heavy atom. The molecule has 0 radical (unpaired) electrons. The molecule has 0 aromatic rings. The summed E-state index contributed by atoms with van der Waals surface area (Å²) in [5, 5.41) is 7.88. The van der Waals surface area contributed by atoms with Crippen LogP contribution in [-0.4, -0.2) is 23.7 Å². The van der Waals surface area contributed by atoms with Gasteiger partial charge in [0.05, 0.1) is 6.42 Å². The molecule has 0 aliphatic carbocycles. The maximum Gasteiger partial charge on any atom is 0.352 e. The van der Waals surface area contributed by atoms with Gasteiger partial charge in [-0.1, -0.05) is 6.58 Å². The summed E-state index contributed by atoms with van der Waals surface area (Å²) in [4.78, 5) is 29.1. The molecule has 0 aliphatic rings. The van der Waals surface area contributed by atoms with Crippen LogP contribution < -0.4 is 5.48 Å². The molecule has 0 aromatic heterocycles. The van der Waals surface area contributed by atoms with Crippen LogP contribution >= 0.6 is 0 Å². The molecule has 0 atom stereocenters. The van der Waals surface area contributed by atoms with Gasteiger partial charge in [-0.3, -0.25) is 0 Å². The Morgan fingerprint density at radius 1 is 1.54 bits per heavy atom. The molecule has 2 N–H and O–H groups in total. The van der Waals surface area contributed by atoms with E-state index in [0.29, 0.717) is 6.54 Å². The van der Waals surface area contributed by atoms with Gasteiger partial charge in [0.25, 0.3) is 0 Å². The number of hydrogen-bond donors (Lipinski definition) is 2. The third-order valence-corrected chi connectivity index (χ3v) is 1.06. The van der Waals surface area contributed by atoms with Gasteiger partial charge in [0.1, 0.15) is 0 Å². The summed E-state index contributed by atoms with van der Waals surface area (Å²) >= 11 is 0. The van der Waals surface area contributed by atoms with Gasteiger partial charge in [-0.05, 0) is 6.92 Å². The van der Waals surface area contributed by atoms with Crippen molar-refractivity contribution in [1.29, 1.82) is 0 Å². The van der Waals surface area contributed by atoms with Crippen molar-refractivity contribution in [3.63, 3.8) is 0 Å². The zero-order valence-electron chi connectivity index (χ0n) is 7.20. The zero-order valence-corrected chi connectivity index (χ0v) is 7.20. The Balaban J connectivity index is 3.83. The quantitative estimate of drug-likeness (QED) is 0.360. The zero-order chi connectivity index (χ0) is 10.3. The van der Waals surface area contributed by atoms with Crippen LogP contribution in [-0.2, 0) is 19.3 Å². The van der Waals surface area contributed by atoms with E-state index in [2.05, 4.69) is 21.8 Å². The molecule has 0 rings (SSSR count). The van der Waals surface area contributed by atoms with Crippen molar-refractivity contribution in [3.05, 3.63) is 12.2 Å². The number of carbonyl (C=O) groups excluding carboxylic acids is 2. The number of nitrogens with one attached hydrogen (secondary N) is 1. The van der Waals surface area contributed by atoms with Crippen molar-refractivity contribution < 1.29 is 24.6 Å². The smallest absolute Gasteiger partial charge is 0.352 e. The largest absolute Gasteiger partial charge is 0.367 e. The van der Waals surface area contributed by atoms with E-state index in [9.17, 15) is 9.59 Å². The summed E-state index contributed by atoms with van der Waals surface area (Å²) in [6, 6.07) is 0. The summed E-state index contributed by atoms with van der Waals surface area (Å²) in [6.07, 6.45) is -0.402. The number of rotatable bonds is 5. The van der Waals surface area contributed by atoms with E-state index in [1.54, 1.807) is 6.92 Å². The Labute approximate surface area is 75.0 Å². The summed E-state index contributed by atoms with van der Waals surface area (Å²) < 4.78 is 0. The number of hydroxylamine groups is 1. The van der Waals surface area contributed by atoms with Crippen molar-refractivity contribution in [3.8, 4) is 0 Å². The van der Waals surface area contributed by atoms with Gasteiger partial charge in [-0.15, -0.1) is 0 Å². The van der Waals surface area contributed by atoms with E-state index in [-0.39, 0.29) is 5.57 Å². The van der Waals surface area contributed by atoms with Gasteiger partial charge in [0.2, 0.25) is 0 Å². The molecule has 13 heavy (non-hydrogen) atoms. The van der Waals surface area contributed by atoms with E-state index >= 15 is 0 Å². The lowest BCUT2D eigenvalue weighted by atomic mass is 10.2. The second-order valence-electron chi connectivity index (χ2n) is 2.13. The van der Waals surface area contributed by atoms with E-state index in [4.69, 9.17) is 5.26 Å². The first-order valence-corrected chi connectivity index (χ1v) is 3.57. The minimum absolute atomic E-state index is 0.0972. The molecule has 0 fully saturated rings. The fourth-order valence-corrected chi connectivity index (χ4v) is 0.489. The standard InChI is InChI=1S/C7H11NO5/c1-3-8-12-7(10)5(2)4-6(9)13-11/h8,11H,2-4H2,1H3. The third kappa shape index (κ3) is 4.94. The van der Waals surface area contributed by atoms with Crippen LogP contribution in [0.1, 0.15) is 13.3 Å². The summed E-state index contributed by atoms with van der Waals surface area (Å²) in [5.74, 6) is -1.72. The maximum absolute atomic E-state index is 10.9. The lowest BCUT2D eigenvalue weighted by molar-refractivity contribution is -0.233. The van der Waals surface area contributed by atoms with E-state index in [1.807, 2.05) is 0 Å². The van der Waals surface area contributed by atoms with E-state index in [0.717, 1.165) is 0 Å². The van der Waals surface area contributed by atoms with Crippen molar-refractivity contribution in [2.45, 2.75) is 13.3 Å². The third-order valence-electron chi connectivity index (χ3n) is 1.06. The first kappa shape index (κ1) is 11.6. The lowest BCUT2D eigenvalue weighted by Gasteiger charge is -2.03. The van der Waals surface area contributed by atoms with Gasteiger partial charge < -0.3 is 9.73 Å². The summed E-state index contributed by atoms with van der Waals surface area (Å²) in [6.45, 7) is 5.45. The van der Waals surface area contributed by atoms with Gasteiger partial charge in [0, 0.05) is 12.1 Å². The molecule has 6 nitrogen and oxygen atoms in total. The van der Waals surface area contributed by atoms with Crippen molar-refractivity contribution in [1.82, 2.24) is 5.48 Å². The highest BCUT2D eigenvalue weighted by Crippen LogP contribution is 2.00. The predicted octanol–water partition coefficient (Wildman–Crippen LogP) is 0.0166. The van der Waals surface area contributed by atoms with Crippen LogP contribution in [0.5, 0.6) is 0 Å². The van der Waals surface area contributed by atoms with Crippen molar-refractivity contribution in [2.75, 3.05) is 6.54 Å². The average molecular weight is 189 g/mol. The van der Waals surface area contributed by atoms with Gasteiger partial charge >= 0.3 is 11.9 Å². The van der Waals surface area contributed by atoms with Gasteiger partial charge in [-0.25, -0.2) is 9.59 Å². The molecular formula is C7H11NO5. The number of hydrogen-bond acceptors (Lipinski definition) is 6. The normalized spacial score (nSPS) is 9.08. The minimum atomic E-state index is -0.960. The molecule has 0 saturated carbocycles. The fraction of sp³-hybridized carbons (Fsp3) is 0.429. The number of carbonyl (C=O) groups is 2. The highest BCUT2D eigenvalue weighted by Gasteiger charge is 2.13. The Hall–Kier alpha value is -1.40. The first-order valence-electron chi connectivity index (χ1n) is 3.57. The topological polar surface area (TPSA) is 84.9 Å². The van der Waals surface area contributed by atoms with Crippen LogP contribution in [0.2, 0.25) is 0 Å². The molecule has 0 bridgehead atoms. The molecule has 0 heterocycles. The highest BCUT2D eigenvalue weighted by molar-refractivity contribution is 5.92. The Morgan fingerprint density at radius 2 is 2.15 bits per heavy atom. The molecule has 0 aromatic carbocycles. The van der Waals surface area contributed by atoms with E-state index in [1.165, 1.54) is 0 Å². The predicted molar refractivity (Wildman–Crippen MR) is 42.2 cm³/mol. The molecule has 6 heteroatoms. The van der Waals surface area contributed by atoms with Crippen LogP contribution in [0.15, 0.2) is 12.2 Å². The monoisotopic (exact) mass is 189 g/mol. The van der Waals surface area contributed by atoms with Crippen LogP contribution in [0.3, 0.4) is 0 Å². The molecule has 0 unspecified atom stereocenters. The Bertz CT molecular complexity index is 213. The highest BCUT2D eigenvalue weighted by atomic mass is 17.1. The molecule has 0 spiro atoms. The average Bonchev–Trinajstić information content (AvgIpc) is 2.13. The SMILES string of the molecule is C=C(CC(=O)OO)C(=O)ONCC. The molecule has 74 valence electrons. The van der Waals surface area contributed by atoms with Gasteiger partial charge in [-0.2, -0.15) is 10.7 Å². The second-order valence-corrected chi connectivity index (χ2v) is 2.13. The van der Waals surface area contributed by atoms with E-state index < -0.39 is 18.4 Å². The molecular weight excluding hydrogens is 178 g/mol. The maximum atomic E-state index is 10.9. The molecule has 0 aliphatic heterocycles. The minimum Gasteiger partial charge on any atom is -0.367 e. The summed E-state index contributed by atoms with van der Waals surface area (Å²) in [7, 11) is 0. The first-order chi connectivity index (χ1) is 6.11. The fourth-order valence-electron chi connectivity index (χ4n) is 0.489. The molecule has 0 amide bonds. The van der Waals surface area contributed by atoms with Crippen molar-refractivity contribution >= 4 is 11.9 Å².